The van der Waals surface area contributed by atoms with Crippen molar-refractivity contribution in [1.82, 2.24) is 19.9 Å². The van der Waals surface area contributed by atoms with E-state index in [4.69, 9.17) is 9.97 Å². The van der Waals surface area contributed by atoms with E-state index < -0.39 is 0 Å². The molecule has 0 radical (unpaired) electrons. The Balaban J connectivity index is 1.59. The summed E-state index contributed by atoms with van der Waals surface area (Å²) < 4.78 is 0. The standard InChI is InChI=1S/C20H21N5OS/c1-25-9-7-13(10-16(25)26)22-19-17-14-5-2-6-15(14)27-20(17)24-18(23-19)12-4-3-8-21-11-12/h3-4,8,11,13H,2,5-7,9-10H2,1H3,(H,22,23,24). The van der Waals surface area contributed by atoms with Crippen molar-refractivity contribution in [3.8, 4) is 11.4 Å². The SMILES string of the molecule is CN1CCC(Nc2nc(-c3cccnc3)nc3sc4c(c23)CCC4)CC1=O. The zero-order chi connectivity index (χ0) is 18.4. The number of hydrogen-bond acceptors (Lipinski definition) is 6. The number of carbonyl (C=O) groups excluding carboxylic acids is 1. The van der Waals surface area contributed by atoms with Gasteiger partial charge in [0.25, 0.3) is 0 Å². The number of aromatic nitrogens is 3. The fourth-order valence-corrected chi connectivity index (χ4v) is 5.24. The van der Waals surface area contributed by atoms with Gasteiger partial charge in [-0.25, -0.2) is 9.97 Å². The molecule has 1 aliphatic heterocycles. The predicted octanol–water partition coefficient (Wildman–Crippen LogP) is 3.27. The molecule has 1 fully saturated rings. The van der Waals surface area contributed by atoms with Gasteiger partial charge in [-0.05, 0) is 43.4 Å². The van der Waals surface area contributed by atoms with Crippen LogP contribution in [-0.4, -0.2) is 45.4 Å². The molecular formula is C20H21N5OS. The number of thiophene rings is 1. The molecule has 0 saturated carbocycles. The van der Waals surface area contributed by atoms with Gasteiger partial charge in [-0.3, -0.25) is 9.78 Å². The first-order chi connectivity index (χ1) is 13.2. The number of nitrogens with zero attached hydrogens (tertiary/aromatic N) is 4. The smallest absolute Gasteiger partial charge is 0.224 e. The summed E-state index contributed by atoms with van der Waals surface area (Å²) in [5, 5.41) is 4.75. The highest BCUT2D eigenvalue weighted by molar-refractivity contribution is 7.19. The number of fused-ring (bicyclic) bond motifs is 3. The molecule has 5 rings (SSSR count). The third kappa shape index (κ3) is 2.96. The van der Waals surface area contributed by atoms with Crippen molar-refractivity contribution in [3.05, 3.63) is 35.0 Å². The molecular weight excluding hydrogens is 358 g/mol. The van der Waals surface area contributed by atoms with E-state index in [9.17, 15) is 4.79 Å². The Morgan fingerprint density at radius 3 is 3.04 bits per heavy atom. The highest BCUT2D eigenvalue weighted by Gasteiger charge is 2.27. The highest BCUT2D eigenvalue weighted by atomic mass is 32.1. The van der Waals surface area contributed by atoms with Gasteiger partial charge >= 0.3 is 0 Å². The number of amides is 1. The van der Waals surface area contributed by atoms with Crippen molar-refractivity contribution in [2.45, 2.75) is 38.1 Å². The number of carbonyl (C=O) groups is 1. The van der Waals surface area contributed by atoms with Crippen LogP contribution in [-0.2, 0) is 17.6 Å². The molecule has 1 aliphatic carbocycles. The Bertz CT molecular complexity index is 1020. The van der Waals surface area contributed by atoms with Crippen molar-refractivity contribution in [2.75, 3.05) is 18.9 Å². The summed E-state index contributed by atoms with van der Waals surface area (Å²) in [6.45, 7) is 0.780. The van der Waals surface area contributed by atoms with Crippen LogP contribution < -0.4 is 5.32 Å². The Labute approximate surface area is 161 Å². The number of aryl methyl sites for hydroxylation is 2. The van der Waals surface area contributed by atoms with Gasteiger partial charge in [0.05, 0.1) is 5.39 Å². The van der Waals surface area contributed by atoms with Gasteiger partial charge in [0, 0.05) is 48.9 Å². The maximum Gasteiger partial charge on any atom is 0.224 e. The minimum Gasteiger partial charge on any atom is -0.366 e. The van der Waals surface area contributed by atoms with E-state index in [1.165, 1.54) is 16.9 Å². The molecule has 3 aromatic rings. The second-order valence-corrected chi connectivity index (χ2v) is 8.41. The van der Waals surface area contributed by atoms with Crippen LogP contribution in [0.4, 0.5) is 5.82 Å². The Hall–Kier alpha value is -2.54. The van der Waals surface area contributed by atoms with Gasteiger partial charge in [0.15, 0.2) is 5.82 Å². The lowest BCUT2D eigenvalue weighted by molar-refractivity contribution is -0.132. The molecule has 6 nitrogen and oxygen atoms in total. The number of piperidine rings is 1. The van der Waals surface area contributed by atoms with Gasteiger partial charge in [0.2, 0.25) is 5.91 Å². The van der Waals surface area contributed by atoms with E-state index in [1.54, 1.807) is 28.6 Å². The van der Waals surface area contributed by atoms with Crippen LogP contribution in [0.2, 0.25) is 0 Å². The first kappa shape index (κ1) is 16.6. The molecule has 138 valence electrons. The van der Waals surface area contributed by atoms with Crippen LogP contribution >= 0.6 is 11.3 Å². The second-order valence-electron chi connectivity index (χ2n) is 7.32. The summed E-state index contributed by atoms with van der Waals surface area (Å²) in [6.07, 6.45) is 8.42. The Morgan fingerprint density at radius 2 is 2.22 bits per heavy atom. The lowest BCUT2D eigenvalue weighted by atomic mass is 10.0. The molecule has 1 unspecified atom stereocenters. The van der Waals surface area contributed by atoms with Crippen LogP contribution in [0.15, 0.2) is 24.5 Å². The van der Waals surface area contributed by atoms with Gasteiger partial charge < -0.3 is 10.2 Å². The molecule has 0 bridgehead atoms. The number of likely N-dealkylation sites (tertiary alicyclic amines) is 1. The number of nitrogens with one attached hydrogen (secondary N) is 1. The average Bonchev–Trinajstić information content (AvgIpc) is 3.26. The summed E-state index contributed by atoms with van der Waals surface area (Å²) in [5.41, 5.74) is 2.31. The quantitative estimate of drug-likeness (QED) is 0.756. The van der Waals surface area contributed by atoms with Gasteiger partial charge in [0.1, 0.15) is 10.6 Å². The summed E-state index contributed by atoms with van der Waals surface area (Å²) in [5.74, 6) is 1.75. The summed E-state index contributed by atoms with van der Waals surface area (Å²) in [7, 11) is 1.87. The number of rotatable bonds is 3. The lowest BCUT2D eigenvalue weighted by Gasteiger charge is -2.29. The second kappa shape index (κ2) is 6.56. The number of hydrogen-bond donors (Lipinski definition) is 1. The Morgan fingerprint density at radius 1 is 1.30 bits per heavy atom. The third-order valence-electron chi connectivity index (χ3n) is 5.48. The van der Waals surface area contributed by atoms with Gasteiger partial charge in [-0.1, -0.05) is 0 Å². The first-order valence-electron chi connectivity index (χ1n) is 9.42. The highest BCUT2D eigenvalue weighted by Crippen LogP contribution is 2.40. The molecule has 2 aliphatic rings. The molecule has 7 heteroatoms. The molecule has 0 aromatic carbocycles. The first-order valence-corrected chi connectivity index (χ1v) is 10.2. The predicted molar refractivity (Wildman–Crippen MR) is 107 cm³/mol. The maximum absolute atomic E-state index is 12.1. The maximum atomic E-state index is 12.1. The van der Waals surface area contributed by atoms with Crippen LogP contribution in [0.3, 0.4) is 0 Å². The number of anilines is 1. The number of pyridine rings is 1. The third-order valence-corrected chi connectivity index (χ3v) is 6.67. The van der Waals surface area contributed by atoms with Crippen molar-refractivity contribution in [1.29, 1.82) is 0 Å². The minimum absolute atomic E-state index is 0.116. The molecule has 27 heavy (non-hydrogen) atoms. The fourth-order valence-electron chi connectivity index (χ4n) is 3.98. The lowest BCUT2D eigenvalue weighted by Crippen LogP contribution is -2.41. The molecule has 1 N–H and O–H groups in total. The van der Waals surface area contributed by atoms with Crippen LogP contribution in [0, 0.1) is 0 Å². The molecule has 0 spiro atoms. The topological polar surface area (TPSA) is 71.0 Å². The van der Waals surface area contributed by atoms with E-state index in [0.717, 1.165) is 47.4 Å². The van der Waals surface area contributed by atoms with Crippen molar-refractivity contribution in [2.24, 2.45) is 0 Å². The Kier molecular flexibility index (Phi) is 4.04. The summed E-state index contributed by atoms with van der Waals surface area (Å²) in [4.78, 5) is 30.3. The van der Waals surface area contributed by atoms with E-state index in [1.807, 2.05) is 19.2 Å². The van der Waals surface area contributed by atoms with Crippen LogP contribution in [0.1, 0.15) is 29.7 Å². The van der Waals surface area contributed by atoms with Crippen molar-refractivity contribution in [3.63, 3.8) is 0 Å². The van der Waals surface area contributed by atoms with Gasteiger partial charge in [-0.2, -0.15) is 0 Å². The summed E-state index contributed by atoms with van der Waals surface area (Å²) >= 11 is 1.79. The van der Waals surface area contributed by atoms with E-state index >= 15 is 0 Å². The normalized spacial score (nSPS) is 19.5. The molecule has 1 amide bonds. The van der Waals surface area contributed by atoms with Crippen molar-refractivity contribution >= 4 is 33.3 Å². The zero-order valence-electron chi connectivity index (χ0n) is 15.2. The monoisotopic (exact) mass is 379 g/mol. The van der Waals surface area contributed by atoms with Crippen molar-refractivity contribution < 1.29 is 4.79 Å². The largest absolute Gasteiger partial charge is 0.366 e. The molecule has 1 saturated heterocycles. The zero-order valence-corrected chi connectivity index (χ0v) is 16.1. The summed E-state index contributed by atoms with van der Waals surface area (Å²) in [6, 6.07) is 4.00. The van der Waals surface area contributed by atoms with Crippen LogP contribution in [0.5, 0.6) is 0 Å². The van der Waals surface area contributed by atoms with E-state index in [0.29, 0.717) is 12.2 Å². The average molecular weight is 379 g/mol. The minimum atomic E-state index is 0.116. The molecule has 1 atom stereocenters. The molecule has 4 heterocycles. The van der Waals surface area contributed by atoms with Crippen LogP contribution in [0.25, 0.3) is 21.6 Å². The fraction of sp³-hybridized carbons (Fsp3) is 0.400. The van der Waals surface area contributed by atoms with E-state index in [2.05, 4.69) is 10.3 Å². The van der Waals surface area contributed by atoms with Gasteiger partial charge in [-0.15, -0.1) is 11.3 Å². The molecule has 3 aromatic heterocycles. The van der Waals surface area contributed by atoms with E-state index in [-0.39, 0.29) is 11.9 Å².